The largest absolute Gasteiger partial charge is 0.494 e. The predicted octanol–water partition coefficient (Wildman–Crippen LogP) is 6.33. The average molecular weight is 350 g/mol. The minimum absolute atomic E-state index is 0.689. The number of benzene rings is 2. The van der Waals surface area contributed by atoms with Crippen LogP contribution in [0.15, 0.2) is 66.8 Å². The topological polar surface area (TPSA) is 12.5 Å². The number of anilines is 1. The van der Waals surface area contributed by atoms with Crippen molar-refractivity contribution in [2.24, 2.45) is 0 Å². The van der Waals surface area contributed by atoms with Gasteiger partial charge in [-0.25, -0.2) is 0 Å². The van der Waals surface area contributed by atoms with Gasteiger partial charge in [0.1, 0.15) is 5.75 Å². The summed E-state index contributed by atoms with van der Waals surface area (Å²) in [5.74, 6) is 0.914. The Kier molecular flexibility index (Phi) is 8.01. The van der Waals surface area contributed by atoms with Crippen LogP contribution in [0.3, 0.4) is 0 Å². The number of hydrogen-bond acceptors (Lipinski definition) is 2. The zero-order chi connectivity index (χ0) is 18.8. The van der Waals surface area contributed by atoms with E-state index in [1.165, 1.54) is 22.4 Å². The molecule has 0 saturated heterocycles. The molecule has 0 unspecified atom stereocenters. The third-order valence-corrected chi connectivity index (χ3v) is 4.42. The fraction of sp³-hybridized carbons (Fsp3) is 0.333. The standard InChI is InChI=1S/C24H31NO/c1-5-9-10-11-24(21-14-18-23(19-15-21)26-8-4)20-12-16-22(17-13-20)25(6-2)7-3/h9-19H,5-8H2,1-4H3. The van der Waals surface area contributed by atoms with Crippen LogP contribution in [0.1, 0.15) is 45.2 Å². The second-order valence-corrected chi connectivity index (χ2v) is 6.09. The van der Waals surface area contributed by atoms with Gasteiger partial charge in [-0.1, -0.05) is 49.4 Å². The van der Waals surface area contributed by atoms with E-state index in [-0.39, 0.29) is 0 Å². The Hall–Kier alpha value is -2.48. The summed E-state index contributed by atoms with van der Waals surface area (Å²) in [6, 6.07) is 17.2. The van der Waals surface area contributed by atoms with Crippen molar-refractivity contribution in [2.45, 2.75) is 34.1 Å². The summed E-state index contributed by atoms with van der Waals surface area (Å²) in [7, 11) is 0. The maximum Gasteiger partial charge on any atom is 0.119 e. The summed E-state index contributed by atoms with van der Waals surface area (Å²) >= 11 is 0. The van der Waals surface area contributed by atoms with E-state index in [0.717, 1.165) is 25.3 Å². The Morgan fingerprint density at radius 1 is 0.846 bits per heavy atom. The van der Waals surface area contributed by atoms with Crippen LogP contribution in [0, 0.1) is 0 Å². The Morgan fingerprint density at radius 3 is 1.92 bits per heavy atom. The summed E-state index contributed by atoms with van der Waals surface area (Å²) in [5.41, 5.74) is 4.92. The van der Waals surface area contributed by atoms with Crippen molar-refractivity contribution in [1.82, 2.24) is 0 Å². The lowest BCUT2D eigenvalue weighted by Gasteiger charge is -2.21. The molecule has 0 aliphatic carbocycles. The Labute approximate surface area is 158 Å². The van der Waals surface area contributed by atoms with E-state index in [0.29, 0.717) is 6.61 Å². The highest BCUT2D eigenvalue weighted by Crippen LogP contribution is 2.27. The van der Waals surface area contributed by atoms with Gasteiger partial charge >= 0.3 is 0 Å². The highest BCUT2D eigenvalue weighted by Gasteiger charge is 2.07. The van der Waals surface area contributed by atoms with Crippen LogP contribution in [0.25, 0.3) is 5.57 Å². The monoisotopic (exact) mass is 349 g/mol. The molecule has 138 valence electrons. The first-order valence-corrected chi connectivity index (χ1v) is 9.68. The van der Waals surface area contributed by atoms with Gasteiger partial charge in [0.15, 0.2) is 0 Å². The second-order valence-electron chi connectivity index (χ2n) is 6.09. The van der Waals surface area contributed by atoms with Gasteiger partial charge in [0.2, 0.25) is 0 Å². The molecule has 0 heterocycles. The molecular weight excluding hydrogens is 318 g/mol. The van der Waals surface area contributed by atoms with Crippen LogP contribution < -0.4 is 9.64 Å². The third-order valence-electron chi connectivity index (χ3n) is 4.42. The number of hydrogen-bond donors (Lipinski definition) is 0. The molecule has 2 aromatic carbocycles. The van der Waals surface area contributed by atoms with Gasteiger partial charge in [0.25, 0.3) is 0 Å². The molecule has 0 radical (unpaired) electrons. The highest BCUT2D eigenvalue weighted by atomic mass is 16.5. The number of nitrogens with zero attached hydrogens (tertiary/aromatic N) is 1. The predicted molar refractivity (Wildman–Crippen MR) is 114 cm³/mol. The van der Waals surface area contributed by atoms with Crippen LogP contribution >= 0.6 is 0 Å². The molecule has 2 aromatic rings. The molecular formula is C24H31NO. The molecule has 0 atom stereocenters. The average Bonchev–Trinajstić information content (AvgIpc) is 2.68. The minimum atomic E-state index is 0.689. The van der Waals surface area contributed by atoms with Crippen molar-refractivity contribution in [3.8, 4) is 5.75 Å². The third kappa shape index (κ3) is 5.26. The van der Waals surface area contributed by atoms with Crippen LogP contribution in [-0.2, 0) is 0 Å². The van der Waals surface area contributed by atoms with Gasteiger partial charge in [-0.15, -0.1) is 0 Å². The van der Waals surface area contributed by atoms with Gasteiger partial charge < -0.3 is 9.64 Å². The first-order chi connectivity index (χ1) is 12.7. The fourth-order valence-corrected chi connectivity index (χ4v) is 3.00. The normalized spacial score (nSPS) is 11.8. The quantitative estimate of drug-likeness (QED) is 0.490. The number of ether oxygens (including phenoxy) is 1. The van der Waals surface area contributed by atoms with E-state index >= 15 is 0 Å². The van der Waals surface area contributed by atoms with Crippen molar-refractivity contribution in [3.63, 3.8) is 0 Å². The maximum atomic E-state index is 5.57. The fourth-order valence-electron chi connectivity index (χ4n) is 3.00. The zero-order valence-electron chi connectivity index (χ0n) is 16.5. The Morgan fingerprint density at radius 2 is 1.42 bits per heavy atom. The minimum Gasteiger partial charge on any atom is -0.494 e. The van der Waals surface area contributed by atoms with E-state index < -0.39 is 0 Å². The van der Waals surface area contributed by atoms with E-state index in [9.17, 15) is 0 Å². The number of allylic oxidation sites excluding steroid dienone is 3. The first-order valence-electron chi connectivity index (χ1n) is 9.68. The molecule has 2 nitrogen and oxygen atoms in total. The molecule has 0 bridgehead atoms. The lowest BCUT2D eigenvalue weighted by molar-refractivity contribution is 0.340. The Balaban J connectivity index is 2.35. The van der Waals surface area contributed by atoms with Crippen LogP contribution in [0.4, 0.5) is 5.69 Å². The van der Waals surface area contributed by atoms with Crippen molar-refractivity contribution >= 4 is 11.3 Å². The maximum absolute atomic E-state index is 5.57. The molecule has 2 rings (SSSR count). The Bertz CT molecular complexity index is 707. The van der Waals surface area contributed by atoms with Gasteiger partial charge in [0.05, 0.1) is 6.61 Å². The zero-order valence-corrected chi connectivity index (χ0v) is 16.5. The molecule has 0 aromatic heterocycles. The van der Waals surface area contributed by atoms with Crippen molar-refractivity contribution < 1.29 is 4.74 Å². The molecule has 0 aliphatic rings. The van der Waals surface area contributed by atoms with Gasteiger partial charge in [-0.05, 0) is 68.2 Å². The lowest BCUT2D eigenvalue weighted by atomic mass is 9.97. The molecule has 26 heavy (non-hydrogen) atoms. The number of rotatable bonds is 9. The molecule has 0 N–H and O–H groups in total. The van der Waals surface area contributed by atoms with Gasteiger partial charge in [-0.3, -0.25) is 0 Å². The smallest absolute Gasteiger partial charge is 0.119 e. The van der Waals surface area contributed by atoms with E-state index in [2.05, 4.69) is 80.3 Å². The molecule has 0 saturated carbocycles. The van der Waals surface area contributed by atoms with E-state index in [1.807, 2.05) is 19.1 Å². The summed E-state index contributed by atoms with van der Waals surface area (Å²) < 4.78 is 5.57. The van der Waals surface area contributed by atoms with Gasteiger partial charge in [-0.2, -0.15) is 0 Å². The first kappa shape index (κ1) is 19.8. The molecule has 2 heteroatoms. The van der Waals surface area contributed by atoms with Crippen LogP contribution in [0.2, 0.25) is 0 Å². The van der Waals surface area contributed by atoms with Crippen LogP contribution in [0.5, 0.6) is 5.75 Å². The van der Waals surface area contributed by atoms with Crippen molar-refractivity contribution in [2.75, 3.05) is 24.6 Å². The second kappa shape index (κ2) is 10.5. The van der Waals surface area contributed by atoms with E-state index in [4.69, 9.17) is 4.74 Å². The van der Waals surface area contributed by atoms with Crippen molar-refractivity contribution in [1.29, 1.82) is 0 Å². The molecule has 0 amide bonds. The van der Waals surface area contributed by atoms with Gasteiger partial charge in [0, 0.05) is 18.8 Å². The van der Waals surface area contributed by atoms with Crippen LogP contribution in [-0.4, -0.2) is 19.7 Å². The molecule has 0 spiro atoms. The lowest BCUT2D eigenvalue weighted by Crippen LogP contribution is -2.21. The van der Waals surface area contributed by atoms with E-state index in [1.54, 1.807) is 0 Å². The summed E-state index contributed by atoms with van der Waals surface area (Å²) in [6.07, 6.45) is 7.56. The summed E-state index contributed by atoms with van der Waals surface area (Å²) in [6.45, 7) is 11.3. The molecule has 0 aliphatic heterocycles. The summed E-state index contributed by atoms with van der Waals surface area (Å²) in [4.78, 5) is 2.36. The summed E-state index contributed by atoms with van der Waals surface area (Å²) in [5, 5.41) is 0. The molecule has 0 fully saturated rings. The highest BCUT2D eigenvalue weighted by molar-refractivity contribution is 5.81. The van der Waals surface area contributed by atoms with Crippen molar-refractivity contribution in [3.05, 3.63) is 77.9 Å². The SMILES string of the molecule is CCC=CC=C(c1ccc(OCC)cc1)c1ccc(N(CC)CC)cc1.